The number of aromatic nitrogens is 2. The molecule has 0 saturated heterocycles. The first-order valence-electron chi connectivity index (χ1n) is 7.67. The molecule has 1 N–H and O–H groups in total. The van der Waals surface area contributed by atoms with Crippen molar-refractivity contribution < 1.29 is 14.3 Å². The van der Waals surface area contributed by atoms with Crippen LogP contribution in [0.25, 0.3) is 0 Å². The fourth-order valence-electron chi connectivity index (χ4n) is 2.07. The third-order valence-electron chi connectivity index (χ3n) is 3.26. The molecule has 0 fully saturated rings. The molecule has 0 aliphatic rings. The summed E-state index contributed by atoms with van der Waals surface area (Å²) in [6.45, 7) is 0.0727. The molecule has 0 atom stereocenters. The highest BCUT2D eigenvalue weighted by atomic mass is 35.5. The highest BCUT2D eigenvalue weighted by molar-refractivity contribution is 6.30. The summed E-state index contributed by atoms with van der Waals surface area (Å²) in [5, 5.41) is 8.02. The van der Waals surface area contributed by atoms with E-state index in [1.807, 2.05) is 0 Å². The molecule has 3 rings (SSSR count). The monoisotopic (exact) mass is 391 g/mol. The number of nitrogens with one attached hydrogen (secondary N) is 1. The van der Waals surface area contributed by atoms with Gasteiger partial charge < -0.3 is 14.8 Å². The fourth-order valence-corrected chi connectivity index (χ4v) is 2.38. The van der Waals surface area contributed by atoms with E-state index in [9.17, 15) is 4.79 Å². The normalized spacial score (nSPS) is 10.4. The van der Waals surface area contributed by atoms with Gasteiger partial charge in [-0.25, -0.2) is 4.68 Å². The zero-order valence-electron chi connectivity index (χ0n) is 13.6. The Balaban J connectivity index is 1.46. The Hall–Kier alpha value is -2.70. The van der Waals surface area contributed by atoms with Crippen molar-refractivity contribution >= 4 is 34.8 Å². The third-order valence-corrected chi connectivity index (χ3v) is 3.75. The molecule has 134 valence electrons. The van der Waals surface area contributed by atoms with Gasteiger partial charge in [0.1, 0.15) is 11.5 Å². The van der Waals surface area contributed by atoms with E-state index in [1.165, 1.54) is 6.20 Å². The van der Waals surface area contributed by atoms with Gasteiger partial charge in [0.05, 0.1) is 18.1 Å². The lowest BCUT2D eigenvalue weighted by Gasteiger charge is -2.07. The van der Waals surface area contributed by atoms with Crippen LogP contribution in [0.1, 0.15) is 0 Å². The lowest BCUT2D eigenvalue weighted by Crippen LogP contribution is -2.19. The summed E-state index contributed by atoms with van der Waals surface area (Å²) < 4.78 is 12.5. The molecule has 0 aliphatic carbocycles. The van der Waals surface area contributed by atoms with Crippen LogP contribution in [0.5, 0.6) is 11.5 Å². The van der Waals surface area contributed by atoms with Crippen molar-refractivity contribution in [1.82, 2.24) is 9.78 Å². The van der Waals surface area contributed by atoms with Gasteiger partial charge in [0.15, 0.2) is 13.3 Å². The molecule has 0 unspecified atom stereocenters. The molecule has 1 amide bonds. The van der Waals surface area contributed by atoms with E-state index < -0.39 is 0 Å². The third kappa shape index (κ3) is 5.40. The van der Waals surface area contributed by atoms with Crippen LogP contribution in [0.2, 0.25) is 10.0 Å². The Kier molecular flexibility index (Phi) is 5.99. The summed E-state index contributed by atoms with van der Waals surface area (Å²) in [7, 11) is 0. The molecule has 1 heterocycles. The Morgan fingerprint density at radius 1 is 1.04 bits per heavy atom. The van der Waals surface area contributed by atoms with Gasteiger partial charge in [-0.3, -0.25) is 4.79 Å². The average Bonchev–Trinajstić information content (AvgIpc) is 3.07. The highest BCUT2D eigenvalue weighted by Gasteiger charge is 2.06. The van der Waals surface area contributed by atoms with E-state index in [0.717, 1.165) is 0 Å². The molecular formula is C18H15Cl2N3O3. The number of amides is 1. The Morgan fingerprint density at radius 3 is 2.62 bits per heavy atom. The number of anilines is 1. The standard InChI is InChI=1S/C18H15Cl2N3O3/c19-13-4-6-16(7-5-13)25-11-18(24)22-15-9-21-23(10-15)12-26-17-3-1-2-14(20)8-17/h1-10H,11-12H2,(H,22,24). The quantitative estimate of drug-likeness (QED) is 0.653. The van der Waals surface area contributed by atoms with Crippen molar-refractivity contribution in [2.24, 2.45) is 0 Å². The number of nitrogens with zero attached hydrogens (tertiary/aromatic N) is 2. The maximum absolute atomic E-state index is 11.9. The topological polar surface area (TPSA) is 65.4 Å². The van der Waals surface area contributed by atoms with E-state index in [0.29, 0.717) is 27.2 Å². The predicted molar refractivity (Wildman–Crippen MR) is 99.9 cm³/mol. The van der Waals surface area contributed by atoms with Crippen molar-refractivity contribution in [1.29, 1.82) is 0 Å². The summed E-state index contributed by atoms with van der Waals surface area (Å²) in [5.41, 5.74) is 0.546. The molecule has 2 aromatic carbocycles. The van der Waals surface area contributed by atoms with Crippen molar-refractivity contribution in [2.75, 3.05) is 11.9 Å². The number of carbonyl (C=O) groups is 1. The van der Waals surface area contributed by atoms with Gasteiger partial charge in [0.25, 0.3) is 5.91 Å². The number of benzene rings is 2. The van der Waals surface area contributed by atoms with Crippen LogP contribution in [0, 0.1) is 0 Å². The summed E-state index contributed by atoms with van der Waals surface area (Å²) in [6.07, 6.45) is 3.19. The summed E-state index contributed by atoms with van der Waals surface area (Å²) in [6, 6.07) is 13.8. The van der Waals surface area contributed by atoms with Crippen molar-refractivity contribution in [3.8, 4) is 11.5 Å². The second-order valence-electron chi connectivity index (χ2n) is 5.29. The van der Waals surface area contributed by atoms with Gasteiger partial charge in [-0.1, -0.05) is 29.3 Å². The summed E-state index contributed by atoms with van der Waals surface area (Å²) >= 11 is 11.7. The van der Waals surface area contributed by atoms with Gasteiger partial charge in [-0.05, 0) is 42.5 Å². The van der Waals surface area contributed by atoms with Crippen molar-refractivity contribution in [3.05, 3.63) is 71.0 Å². The van der Waals surface area contributed by atoms with Crippen LogP contribution < -0.4 is 14.8 Å². The van der Waals surface area contributed by atoms with E-state index in [4.69, 9.17) is 32.7 Å². The van der Waals surface area contributed by atoms with Crippen LogP contribution in [0.15, 0.2) is 60.9 Å². The molecular weight excluding hydrogens is 377 g/mol. The highest BCUT2D eigenvalue weighted by Crippen LogP contribution is 2.18. The lowest BCUT2D eigenvalue weighted by atomic mass is 10.3. The molecule has 3 aromatic rings. The lowest BCUT2D eigenvalue weighted by molar-refractivity contribution is -0.118. The van der Waals surface area contributed by atoms with E-state index in [1.54, 1.807) is 59.4 Å². The van der Waals surface area contributed by atoms with Gasteiger partial charge in [-0.2, -0.15) is 5.10 Å². The Morgan fingerprint density at radius 2 is 1.85 bits per heavy atom. The second kappa shape index (κ2) is 8.60. The number of carbonyl (C=O) groups excluding carboxylic acids is 1. The largest absolute Gasteiger partial charge is 0.484 e. The van der Waals surface area contributed by atoms with Crippen LogP contribution in [0.4, 0.5) is 5.69 Å². The van der Waals surface area contributed by atoms with E-state index >= 15 is 0 Å². The first kappa shape index (κ1) is 18.1. The molecule has 6 nitrogen and oxygen atoms in total. The SMILES string of the molecule is O=C(COc1ccc(Cl)cc1)Nc1cnn(COc2cccc(Cl)c2)c1. The minimum atomic E-state index is -0.296. The number of hydrogen-bond donors (Lipinski definition) is 1. The first-order chi connectivity index (χ1) is 12.6. The number of rotatable bonds is 7. The van der Waals surface area contributed by atoms with Crippen molar-refractivity contribution in [3.63, 3.8) is 0 Å². The van der Waals surface area contributed by atoms with E-state index in [2.05, 4.69) is 10.4 Å². The first-order valence-corrected chi connectivity index (χ1v) is 8.43. The van der Waals surface area contributed by atoms with Crippen LogP contribution in [-0.2, 0) is 11.5 Å². The minimum absolute atomic E-state index is 0.119. The van der Waals surface area contributed by atoms with Crippen LogP contribution >= 0.6 is 23.2 Å². The van der Waals surface area contributed by atoms with Gasteiger partial charge in [0, 0.05) is 10.0 Å². The van der Waals surface area contributed by atoms with Gasteiger partial charge in [-0.15, -0.1) is 0 Å². The minimum Gasteiger partial charge on any atom is -0.484 e. The zero-order chi connectivity index (χ0) is 18.4. The van der Waals surface area contributed by atoms with Crippen LogP contribution in [0.3, 0.4) is 0 Å². The Bertz CT molecular complexity index is 881. The maximum atomic E-state index is 11.9. The van der Waals surface area contributed by atoms with Gasteiger partial charge >= 0.3 is 0 Å². The second-order valence-corrected chi connectivity index (χ2v) is 6.16. The smallest absolute Gasteiger partial charge is 0.262 e. The van der Waals surface area contributed by atoms with E-state index in [-0.39, 0.29) is 19.2 Å². The number of ether oxygens (including phenoxy) is 2. The zero-order valence-corrected chi connectivity index (χ0v) is 15.1. The molecule has 26 heavy (non-hydrogen) atoms. The molecule has 1 aromatic heterocycles. The molecule has 0 radical (unpaired) electrons. The van der Waals surface area contributed by atoms with Gasteiger partial charge in [0.2, 0.25) is 0 Å². The molecule has 0 bridgehead atoms. The fraction of sp³-hybridized carbons (Fsp3) is 0.111. The predicted octanol–water partition coefficient (Wildman–Crippen LogP) is 4.24. The molecule has 0 aliphatic heterocycles. The summed E-state index contributed by atoms with van der Waals surface area (Å²) in [4.78, 5) is 11.9. The average molecular weight is 392 g/mol. The van der Waals surface area contributed by atoms with Crippen LogP contribution in [-0.4, -0.2) is 22.3 Å². The molecule has 0 saturated carbocycles. The van der Waals surface area contributed by atoms with Crippen molar-refractivity contribution in [2.45, 2.75) is 6.73 Å². The Labute approximate surface area is 160 Å². The molecule has 8 heteroatoms. The summed E-state index contributed by atoms with van der Waals surface area (Å²) in [5.74, 6) is 0.903. The number of hydrogen-bond acceptors (Lipinski definition) is 4. The number of halogens is 2. The maximum Gasteiger partial charge on any atom is 0.262 e. The molecule has 0 spiro atoms.